The van der Waals surface area contributed by atoms with E-state index in [1.54, 1.807) is 12.1 Å². The normalized spacial score (nSPS) is 10.6. The van der Waals surface area contributed by atoms with Crippen molar-refractivity contribution in [1.29, 1.82) is 0 Å². The predicted octanol–water partition coefficient (Wildman–Crippen LogP) is 4.71. The van der Waals surface area contributed by atoms with Crippen molar-refractivity contribution < 1.29 is 19.4 Å². The third-order valence-corrected chi connectivity index (χ3v) is 4.78. The van der Waals surface area contributed by atoms with Crippen molar-refractivity contribution in [2.45, 2.75) is 12.8 Å². The van der Waals surface area contributed by atoms with Crippen LogP contribution < -0.4 is 0 Å². The van der Waals surface area contributed by atoms with Gasteiger partial charge in [-0.15, -0.1) is 0 Å². The quantitative estimate of drug-likeness (QED) is 0.578. The SMILES string of the molecule is COC(=O)c1ccccc1-n1c(CCC(=O)O)ccc1-c1ccc(Br)cc1. The number of aryl methyl sites for hydroxylation is 1. The highest BCUT2D eigenvalue weighted by Crippen LogP contribution is 2.30. The minimum absolute atomic E-state index is 0.00415. The second-order valence-corrected chi connectivity index (χ2v) is 6.87. The monoisotopic (exact) mass is 427 g/mol. The summed E-state index contributed by atoms with van der Waals surface area (Å²) in [5.41, 5.74) is 3.73. The molecule has 0 bridgehead atoms. The molecule has 27 heavy (non-hydrogen) atoms. The lowest BCUT2D eigenvalue weighted by Crippen LogP contribution is -2.11. The molecule has 0 fully saturated rings. The number of ether oxygens (including phenoxy) is 1. The molecular formula is C21H18BrNO4. The number of aliphatic carboxylic acids is 1. The largest absolute Gasteiger partial charge is 0.481 e. The molecule has 0 aliphatic heterocycles. The van der Waals surface area contributed by atoms with Gasteiger partial charge in [-0.2, -0.15) is 0 Å². The smallest absolute Gasteiger partial charge is 0.339 e. The Morgan fingerprint density at radius 2 is 1.74 bits per heavy atom. The fourth-order valence-corrected chi connectivity index (χ4v) is 3.26. The number of esters is 1. The van der Waals surface area contributed by atoms with Crippen molar-refractivity contribution in [3.8, 4) is 16.9 Å². The van der Waals surface area contributed by atoms with E-state index < -0.39 is 11.9 Å². The van der Waals surface area contributed by atoms with Crippen molar-refractivity contribution in [3.63, 3.8) is 0 Å². The molecule has 0 unspecified atom stereocenters. The van der Waals surface area contributed by atoms with Gasteiger partial charge in [0.05, 0.1) is 30.5 Å². The average Bonchev–Trinajstić information content (AvgIpc) is 3.10. The fourth-order valence-electron chi connectivity index (χ4n) is 2.99. The Balaban J connectivity index is 2.20. The van der Waals surface area contributed by atoms with Gasteiger partial charge in [0.1, 0.15) is 0 Å². The molecule has 0 amide bonds. The molecule has 0 saturated carbocycles. The molecule has 6 heteroatoms. The van der Waals surface area contributed by atoms with Gasteiger partial charge < -0.3 is 14.4 Å². The lowest BCUT2D eigenvalue weighted by molar-refractivity contribution is -0.136. The summed E-state index contributed by atoms with van der Waals surface area (Å²) in [6.07, 6.45) is 0.353. The van der Waals surface area contributed by atoms with Crippen LogP contribution in [-0.4, -0.2) is 28.7 Å². The van der Waals surface area contributed by atoms with E-state index in [2.05, 4.69) is 15.9 Å². The molecule has 0 spiro atoms. The number of hydrogen-bond acceptors (Lipinski definition) is 3. The van der Waals surface area contributed by atoms with E-state index in [4.69, 9.17) is 9.84 Å². The molecule has 1 heterocycles. The van der Waals surface area contributed by atoms with Crippen LogP contribution in [0.25, 0.3) is 16.9 Å². The van der Waals surface area contributed by atoms with Crippen LogP contribution in [0.4, 0.5) is 0 Å². The van der Waals surface area contributed by atoms with Gasteiger partial charge in [-0.05, 0) is 48.4 Å². The summed E-state index contributed by atoms with van der Waals surface area (Å²) < 4.78 is 7.81. The number of carbonyl (C=O) groups excluding carboxylic acids is 1. The summed E-state index contributed by atoms with van der Waals surface area (Å²) >= 11 is 3.43. The van der Waals surface area contributed by atoms with Crippen molar-refractivity contribution in [2.24, 2.45) is 0 Å². The van der Waals surface area contributed by atoms with Gasteiger partial charge in [-0.3, -0.25) is 4.79 Å². The number of carbonyl (C=O) groups is 2. The average molecular weight is 428 g/mol. The van der Waals surface area contributed by atoms with E-state index in [-0.39, 0.29) is 6.42 Å². The van der Waals surface area contributed by atoms with E-state index >= 15 is 0 Å². The highest BCUT2D eigenvalue weighted by Gasteiger charge is 2.19. The molecule has 3 aromatic rings. The maximum Gasteiger partial charge on any atom is 0.339 e. The predicted molar refractivity (Wildman–Crippen MR) is 106 cm³/mol. The lowest BCUT2D eigenvalue weighted by atomic mass is 10.1. The topological polar surface area (TPSA) is 68.5 Å². The van der Waals surface area contributed by atoms with Crippen LogP contribution in [-0.2, 0) is 16.0 Å². The number of benzene rings is 2. The van der Waals surface area contributed by atoms with Crippen molar-refractivity contribution >= 4 is 27.9 Å². The molecule has 2 aromatic carbocycles. The van der Waals surface area contributed by atoms with Crippen LogP contribution in [0.1, 0.15) is 22.5 Å². The Labute approximate surface area is 165 Å². The molecule has 0 aliphatic carbocycles. The summed E-state index contributed by atoms with van der Waals surface area (Å²) in [5.74, 6) is -1.31. The lowest BCUT2D eigenvalue weighted by Gasteiger charge is -2.16. The van der Waals surface area contributed by atoms with Gasteiger partial charge in [0, 0.05) is 10.2 Å². The van der Waals surface area contributed by atoms with Gasteiger partial charge in [0.25, 0.3) is 0 Å². The summed E-state index contributed by atoms with van der Waals surface area (Å²) in [6, 6.07) is 18.8. The van der Waals surface area contributed by atoms with E-state index in [1.165, 1.54) is 7.11 Å². The Morgan fingerprint density at radius 1 is 1.04 bits per heavy atom. The zero-order chi connectivity index (χ0) is 19.4. The molecule has 0 radical (unpaired) electrons. The van der Waals surface area contributed by atoms with Crippen LogP contribution in [0.5, 0.6) is 0 Å². The maximum absolute atomic E-state index is 12.3. The minimum atomic E-state index is -0.866. The first-order valence-corrected chi connectivity index (χ1v) is 9.16. The van der Waals surface area contributed by atoms with Crippen LogP contribution >= 0.6 is 15.9 Å². The van der Waals surface area contributed by atoms with Crippen molar-refractivity contribution in [2.75, 3.05) is 7.11 Å². The van der Waals surface area contributed by atoms with E-state index in [0.717, 1.165) is 21.4 Å². The number of aromatic nitrogens is 1. The van der Waals surface area contributed by atoms with Crippen LogP contribution in [0, 0.1) is 0 Å². The van der Waals surface area contributed by atoms with Gasteiger partial charge >= 0.3 is 11.9 Å². The molecule has 1 N–H and O–H groups in total. The summed E-state index contributed by atoms with van der Waals surface area (Å²) in [4.78, 5) is 23.3. The van der Waals surface area contributed by atoms with E-state index in [0.29, 0.717) is 17.7 Å². The Morgan fingerprint density at radius 3 is 2.41 bits per heavy atom. The number of hydrogen-bond donors (Lipinski definition) is 1. The molecule has 1 aromatic heterocycles. The van der Waals surface area contributed by atoms with Crippen molar-refractivity contribution in [3.05, 3.63) is 76.4 Å². The Bertz CT molecular complexity index is 976. The number of carboxylic acids is 1. The number of carboxylic acid groups (broad SMARTS) is 1. The van der Waals surface area contributed by atoms with Gasteiger partial charge in [0.15, 0.2) is 0 Å². The zero-order valence-electron chi connectivity index (χ0n) is 14.7. The molecule has 0 saturated heterocycles. The molecule has 0 aliphatic rings. The highest BCUT2D eigenvalue weighted by molar-refractivity contribution is 9.10. The molecule has 0 atom stereocenters. The van der Waals surface area contributed by atoms with Crippen LogP contribution in [0.3, 0.4) is 0 Å². The third-order valence-electron chi connectivity index (χ3n) is 4.25. The number of rotatable bonds is 6. The molecule has 3 rings (SSSR count). The van der Waals surface area contributed by atoms with E-state index in [9.17, 15) is 9.59 Å². The Hall–Kier alpha value is -2.86. The third kappa shape index (κ3) is 4.11. The summed E-state index contributed by atoms with van der Waals surface area (Å²) in [5, 5.41) is 9.08. The van der Waals surface area contributed by atoms with Crippen molar-refractivity contribution in [1.82, 2.24) is 4.57 Å². The first-order valence-electron chi connectivity index (χ1n) is 8.37. The van der Waals surface area contributed by atoms with Crippen LogP contribution in [0.2, 0.25) is 0 Å². The van der Waals surface area contributed by atoms with E-state index in [1.807, 2.05) is 53.1 Å². The second kappa shape index (κ2) is 8.22. The Kier molecular flexibility index (Phi) is 5.76. The second-order valence-electron chi connectivity index (χ2n) is 5.95. The first kappa shape index (κ1) is 18.9. The minimum Gasteiger partial charge on any atom is -0.481 e. The fraction of sp³-hybridized carbons (Fsp3) is 0.143. The number of halogens is 1. The molecule has 5 nitrogen and oxygen atoms in total. The molecular weight excluding hydrogens is 410 g/mol. The zero-order valence-corrected chi connectivity index (χ0v) is 16.3. The summed E-state index contributed by atoms with van der Waals surface area (Å²) in [7, 11) is 1.34. The van der Waals surface area contributed by atoms with Gasteiger partial charge in [0.2, 0.25) is 0 Å². The number of para-hydroxylation sites is 1. The van der Waals surface area contributed by atoms with Crippen LogP contribution in [0.15, 0.2) is 65.1 Å². The highest BCUT2D eigenvalue weighted by atomic mass is 79.9. The first-order chi connectivity index (χ1) is 13.0. The van der Waals surface area contributed by atoms with Gasteiger partial charge in [-0.25, -0.2) is 4.79 Å². The number of methoxy groups -OCH3 is 1. The van der Waals surface area contributed by atoms with Gasteiger partial charge in [-0.1, -0.05) is 40.2 Å². The summed E-state index contributed by atoms with van der Waals surface area (Å²) in [6.45, 7) is 0. The standard InChI is InChI=1S/C21H18BrNO4/c1-27-21(26)17-4-2-3-5-19(17)23-16(11-13-20(24)25)10-12-18(23)14-6-8-15(22)9-7-14/h2-10,12H,11,13H2,1H3,(H,24,25). The maximum atomic E-state index is 12.3. The number of nitrogens with zero attached hydrogens (tertiary/aromatic N) is 1. The molecule has 138 valence electrons.